The number of rotatable bonds is 4. The van der Waals surface area contributed by atoms with Gasteiger partial charge in [-0.2, -0.15) is 0 Å². The van der Waals surface area contributed by atoms with E-state index in [9.17, 15) is 4.79 Å². The Hall–Kier alpha value is -1.53. The smallest absolute Gasteiger partial charge is 0.495 e. The molecule has 0 radical (unpaired) electrons. The van der Waals surface area contributed by atoms with Gasteiger partial charge in [0.15, 0.2) is 0 Å². The Labute approximate surface area is 139 Å². The van der Waals surface area contributed by atoms with Crippen molar-refractivity contribution in [3.05, 3.63) is 23.8 Å². The molecule has 1 aliphatic heterocycles. The molecule has 0 spiro atoms. The fraction of sp³-hybridized carbons (Fsp3) is 0.588. The lowest BCUT2D eigenvalue weighted by atomic mass is 9.75. The van der Waals surface area contributed by atoms with Gasteiger partial charge in [-0.1, -0.05) is 6.07 Å². The SMILES string of the molecule is COc1ccc(B2OC(C)(C)C(C)(C)O2)c(CC(=O)N(C)C)c1. The maximum Gasteiger partial charge on any atom is 0.495 e. The molecule has 1 aromatic rings. The minimum atomic E-state index is -0.490. The van der Waals surface area contributed by atoms with Crippen LogP contribution in [0.3, 0.4) is 0 Å². The topological polar surface area (TPSA) is 48.0 Å². The number of amides is 1. The van der Waals surface area contributed by atoms with Crippen LogP contribution < -0.4 is 10.2 Å². The van der Waals surface area contributed by atoms with Crippen LogP contribution >= 0.6 is 0 Å². The van der Waals surface area contributed by atoms with Crippen LogP contribution in [0.25, 0.3) is 0 Å². The van der Waals surface area contributed by atoms with Crippen LogP contribution in [0.1, 0.15) is 33.3 Å². The summed E-state index contributed by atoms with van der Waals surface area (Å²) < 4.78 is 17.5. The Morgan fingerprint density at radius 1 is 1.17 bits per heavy atom. The number of methoxy groups -OCH3 is 1. The van der Waals surface area contributed by atoms with Crippen LogP contribution in [0.5, 0.6) is 5.75 Å². The van der Waals surface area contributed by atoms with E-state index in [4.69, 9.17) is 14.0 Å². The maximum atomic E-state index is 12.1. The van der Waals surface area contributed by atoms with Crippen molar-refractivity contribution in [3.63, 3.8) is 0 Å². The van der Waals surface area contributed by atoms with E-state index in [-0.39, 0.29) is 12.3 Å². The minimum Gasteiger partial charge on any atom is -0.497 e. The summed E-state index contributed by atoms with van der Waals surface area (Å²) in [6, 6.07) is 5.66. The van der Waals surface area contributed by atoms with E-state index in [1.807, 2.05) is 45.9 Å². The van der Waals surface area contributed by atoms with Crippen molar-refractivity contribution in [1.82, 2.24) is 4.90 Å². The molecule has 0 aromatic heterocycles. The Morgan fingerprint density at radius 2 is 1.74 bits per heavy atom. The predicted octanol–water partition coefficient (Wildman–Crippen LogP) is 1.63. The molecule has 0 bridgehead atoms. The van der Waals surface area contributed by atoms with Gasteiger partial charge < -0.3 is 18.9 Å². The van der Waals surface area contributed by atoms with E-state index in [0.29, 0.717) is 5.75 Å². The van der Waals surface area contributed by atoms with Gasteiger partial charge in [-0.15, -0.1) is 0 Å². The van der Waals surface area contributed by atoms with Crippen molar-refractivity contribution in [3.8, 4) is 5.75 Å². The standard InChI is InChI=1S/C17H26BNO4/c1-16(2)17(3,4)23-18(22-16)14-9-8-13(21-7)10-12(14)11-15(20)19(5)6/h8-10H,11H2,1-7H3. The third-order valence-electron chi connectivity index (χ3n) is 4.70. The molecular weight excluding hydrogens is 293 g/mol. The van der Waals surface area contributed by atoms with Gasteiger partial charge in [0.2, 0.25) is 5.91 Å². The molecule has 6 heteroatoms. The largest absolute Gasteiger partial charge is 0.497 e. The first kappa shape index (κ1) is 17.8. The summed E-state index contributed by atoms with van der Waals surface area (Å²) in [6.07, 6.45) is 0.281. The molecule has 0 aliphatic carbocycles. The highest BCUT2D eigenvalue weighted by atomic mass is 16.7. The molecule has 23 heavy (non-hydrogen) atoms. The van der Waals surface area contributed by atoms with Gasteiger partial charge in [0.1, 0.15) is 5.75 Å². The number of likely N-dealkylation sites (N-methyl/N-ethyl adjacent to an activating group) is 1. The highest BCUT2D eigenvalue weighted by Gasteiger charge is 2.52. The van der Waals surface area contributed by atoms with Gasteiger partial charge in [-0.05, 0) is 50.9 Å². The molecule has 1 aliphatic rings. The van der Waals surface area contributed by atoms with Crippen LogP contribution in [0, 0.1) is 0 Å². The van der Waals surface area contributed by atoms with E-state index in [1.54, 1.807) is 26.1 Å². The Kier molecular flexibility index (Phi) is 4.78. The molecule has 0 atom stereocenters. The summed E-state index contributed by atoms with van der Waals surface area (Å²) >= 11 is 0. The molecule has 0 N–H and O–H groups in total. The van der Waals surface area contributed by atoms with E-state index in [1.165, 1.54) is 0 Å². The van der Waals surface area contributed by atoms with E-state index in [0.717, 1.165) is 11.0 Å². The van der Waals surface area contributed by atoms with Crippen molar-refractivity contribution >= 4 is 18.5 Å². The summed E-state index contributed by atoms with van der Waals surface area (Å²) in [5.74, 6) is 0.739. The van der Waals surface area contributed by atoms with E-state index < -0.39 is 18.3 Å². The lowest BCUT2D eigenvalue weighted by Crippen LogP contribution is -2.41. The number of benzene rings is 1. The quantitative estimate of drug-likeness (QED) is 0.792. The molecule has 1 aromatic carbocycles. The monoisotopic (exact) mass is 319 g/mol. The van der Waals surface area contributed by atoms with Crippen molar-refractivity contribution in [2.45, 2.75) is 45.3 Å². The summed E-state index contributed by atoms with van der Waals surface area (Å²) in [7, 11) is 4.62. The van der Waals surface area contributed by atoms with Gasteiger partial charge >= 0.3 is 7.12 Å². The minimum absolute atomic E-state index is 0.0241. The second-order valence-electron chi connectivity index (χ2n) is 7.12. The Morgan fingerprint density at radius 3 is 2.22 bits per heavy atom. The third kappa shape index (κ3) is 3.53. The van der Waals surface area contributed by atoms with Gasteiger partial charge in [-0.25, -0.2) is 0 Å². The second-order valence-corrected chi connectivity index (χ2v) is 7.12. The lowest BCUT2D eigenvalue weighted by molar-refractivity contribution is -0.127. The Bertz CT molecular complexity index is 582. The number of ether oxygens (including phenoxy) is 1. The molecule has 5 nitrogen and oxygen atoms in total. The van der Waals surface area contributed by atoms with Crippen LogP contribution in [-0.4, -0.2) is 50.3 Å². The van der Waals surface area contributed by atoms with Crippen molar-refractivity contribution in [2.75, 3.05) is 21.2 Å². The van der Waals surface area contributed by atoms with Crippen LogP contribution in [0.4, 0.5) is 0 Å². The summed E-state index contributed by atoms with van der Waals surface area (Å²) in [4.78, 5) is 13.7. The maximum absolute atomic E-state index is 12.1. The predicted molar refractivity (Wildman–Crippen MR) is 91.1 cm³/mol. The Balaban J connectivity index is 2.37. The summed E-state index contributed by atoms with van der Waals surface area (Å²) in [6.45, 7) is 8.06. The molecule has 1 heterocycles. The van der Waals surface area contributed by atoms with Gasteiger partial charge in [0.25, 0.3) is 0 Å². The fourth-order valence-corrected chi connectivity index (χ4v) is 2.38. The molecule has 1 amide bonds. The summed E-state index contributed by atoms with van der Waals surface area (Å²) in [5, 5.41) is 0. The van der Waals surface area contributed by atoms with Crippen LogP contribution in [-0.2, 0) is 20.5 Å². The normalized spacial score (nSPS) is 18.8. The van der Waals surface area contributed by atoms with E-state index in [2.05, 4.69) is 0 Å². The van der Waals surface area contributed by atoms with Gasteiger partial charge in [-0.3, -0.25) is 4.79 Å². The zero-order valence-corrected chi connectivity index (χ0v) is 15.1. The lowest BCUT2D eigenvalue weighted by Gasteiger charge is -2.32. The number of hydrogen-bond donors (Lipinski definition) is 0. The zero-order valence-electron chi connectivity index (χ0n) is 15.1. The molecular formula is C17H26BNO4. The average molecular weight is 319 g/mol. The zero-order chi connectivity index (χ0) is 17.4. The first-order valence-corrected chi connectivity index (χ1v) is 7.80. The fourth-order valence-electron chi connectivity index (χ4n) is 2.38. The molecule has 1 fully saturated rings. The number of carbonyl (C=O) groups is 1. The molecule has 0 saturated carbocycles. The summed E-state index contributed by atoms with van der Waals surface area (Å²) in [5.41, 5.74) is 0.905. The first-order chi connectivity index (χ1) is 10.6. The van der Waals surface area contributed by atoms with Gasteiger partial charge in [0.05, 0.1) is 24.7 Å². The molecule has 0 unspecified atom stereocenters. The molecule has 1 saturated heterocycles. The van der Waals surface area contributed by atoms with Gasteiger partial charge in [0, 0.05) is 14.1 Å². The van der Waals surface area contributed by atoms with Crippen molar-refractivity contribution in [2.24, 2.45) is 0 Å². The van der Waals surface area contributed by atoms with Crippen LogP contribution in [0.15, 0.2) is 18.2 Å². The van der Waals surface area contributed by atoms with Crippen molar-refractivity contribution in [1.29, 1.82) is 0 Å². The molecule has 126 valence electrons. The van der Waals surface area contributed by atoms with E-state index >= 15 is 0 Å². The number of carbonyl (C=O) groups excluding carboxylic acids is 1. The highest BCUT2D eigenvalue weighted by Crippen LogP contribution is 2.36. The molecule has 2 rings (SSSR count). The number of hydrogen-bond acceptors (Lipinski definition) is 4. The first-order valence-electron chi connectivity index (χ1n) is 7.80. The number of nitrogens with zero attached hydrogens (tertiary/aromatic N) is 1. The second kappa shape index (κ2) is 6.17. The van der Waals surface area contributed by atoms with Crippen LogP contribution in [0.2, 0.25) is 0 Å². The third-order valence-corrected chi connectivity index (χ3v) is 4.70. The average Bonchev–Trinajstić information content (AvgIpc) is 2.66. The van der Waals surface area contributed by atoms with Crippen molar-refractivity contribution < 1.29 is 18.8 Å². The highest BCUT2D eigenvalue weighted by molar-refractivity contribution is 6.62.